The lowest BCUT2D eigenvalue weighted by Crippen LogP contribution is -2.66. The topological polar surface area (TPSA) is 307 Å². The first-order valence-electron chi connectivity index (χ1n) is 25.4. The molecule has 0 aromatic carbocycles. The Balaban J connectivity index is 1.54. The second kappa shape index (κ2) is 34.0. The van der Waals surface area contributed by atoms with Crippen LogP contribution in [0.15, 0.2) is 12.2 Å². The Hall–Kier alpha value is -1.47. The summed E-state index contributed by atoms with van der Waals surface area (Å²) >= 11 is 0. The van der Waals surface area contributed by atoms with Gasteiger partial charge in [0, 0.05) is 6.42 Å². The summed E-state index contributed by atoms with van der Waals surface area (Å²) in [5, 5.41) is 119. The van der Waals surface area contributed by atoms with Gasteiger partial charge in [-0.2, -0.15) is 0 Å². The van der Waals surface area contributed by atoms with Crippen LogP contribution < -0.4 is 5.32 Å². The van der Waals surface area contributed by atoms with Crippen molar-refractivity contribution in [1.29, 1.82) is 0 Å². The number of hydrogen-bond acceptors (Lipinski definition) is 18. The Morgan fingerprint density at radius 1 is 0.522 bits per heavy atom. The van der Waals surface area contributed by atoms with Gasteiger partial charge in [0.1, 0.15) is 73.2 Å². The molecule has 0 radical (unpaired) electrons. The van der Waals surface area contributed by atoms with Crippen LogP contribution in [0.25, 0.3) is 0 Å². The SMILES string of the molecule is CCCCCCCCCCCCCCCC/C=C/C(O)C(COC1OC(CO)C(OC2OC(CO)C(OC3OC(CO)C(O)C(O)C3O)C(O)C2O)C(O)C1O)NC(=O)CCCCCCCC. The summed E-state index contributed by atoms with van der Waals surface area (Å²) in [6.45, 7) is 1.61. The first-order chi connectivity index (χ1) is 32.3. The lowest BCUT2D eigenvalue weighted by Gasteiger charge is -2.48. The van der Waals surface area contributed by atoms with E-state index in [1.165, 1.54) is 70.6 Å². The first-order valence-corrected chi connectivity index (χ1v) is 25.4. The van der Waals surface area contributed by atoms with Crippen LogP contribution in [0.4, 0.5) is 0 Å². The molecule has 0 saturated carbocycles. The van der Waals surface area contributed by atoms with Crippen molar-refractivity contribution < 1.29 is 89.4 Å². The first kappa shape index (κ1) is 59.8. The summed E-state index contributed by atoms with van der Waals surface area (Å²) in [6.07, 6.45) is 1.18. The highest BCUT2D eigenvalue weighted by Crippen LogP contribution is 2.33. The van der Waals surface area contributed by atoms with Crippen LogP contribution in [-0.2, 0) is 33.2 Å². The molecule has 1 amide bonds. The average molecular weight is 968 g/mol. The molecule has 3 fully saturated rings. The predicted octanol–water partition coefficient (Wildman–Crippen LogP) is 1.48. The number of allylic oxidation sites excluding steroid dienone is 1. The van der Waals surface area contributed by atoms with Gasteiger partial charge in [-0.25, -0.2) is 0 Å². The Labute approximate surface area is 397 Å². The maximum absolute atomic E-state index is 13.1. The summed E-state index contributed by atoms with van der Waals surface area (Å²) in [4.78, 5) is 13.1. The molecule has 0 aromatic rings. The maximum Gasteiger partial charge on any atom is 0.220 e. The lowest BCUT2D eigenvalue weighted by molar-refractivity contribution is -0.379. The van der Waals surface area contributed by atoms with Gasteiger partial charge in [-0.15, -0.1) is 0 Å². The summed E-state index contributed by atoms with van der Waals surface area (Å²) < 4.78 is 34.0. The number of aliphatic hydroxyl groups is 11. The van der Waals surface area contributed by atoms with E-state index in [4.69, 9.17) is 28.4 Å². The highest BCUT2D eigenvalue weighted by atomic mass is 16.8. The molecule has 3 heterocycles. The van der Waals surface area contributed by atoms with Crippen LogP contribution in [-0.4, -0.2) is 193 Å². The molecule has 3 aliphatic rings. The van der Waals surface area contributed by atoms with E-state index in [2.05, 4.69) is 19.2 Å². The minimum atomic E-state index is -1.97. The van der Waals surface area contributed by atoms with Crippen molar-refractivity contribution in [3.63, 3.8) is 0 Å². The van der Waals surface area contributed by atoms with Crippen molar-refractivity contribution in [3.05, 3.63) is 12.2 Å². The fraction of sp³-hybridized carbons (Fsp3) is 0.938. The molecule has 3 rings (SSSR count). The molecule has 67 heavy (non-hydrogen) atoms. The molecule has 3 aliphatic heterocycles. The summed E-state index contributed by atoms with van der Waals surface area (Å²) in [5.74, 6) is -0.286. The Morgan fingerprint density at radius 2 is 0.925 bits per heavy atom. The summed E-state index contributed by atoms with van der Waals surface area (Å²) in [5.41, 5.74) is 0. The number of carbonyl (C=O) groups excluding carboxylic acids is 1. The lowest BCUT2D eigenvalue weighted by atomic mass is 9.96. The summed E-state index contributed by atoms with van der Waals surface area (Å²) in [7, 11) is 0. The van der Waals surface area contributed by atoms with Crippen LogP contribution in [0.5, 0.6) is 0 Å². The number of amides is 1. The molecule has 19 nitrogen and oxygen atoms in total. The molecular formula is C48H89NO18. The Bertz CT molecular complexity index is 1300. The largest absolute Gasteiger partial charge is 0.394 e. The molecule has 0 aromatic heterocycles. The smallest absolute Gasteiger partial charge is 0.220 e. The van der Waals surface area contributed by atoms with E-state index in [0.29, 0.717) is 6.42 Å². The van der Waals surface area contributed by atoms with Crippen molar-refractivity contribution >= 4 is 5.91 Å². The van der Waals surface area contributed by atoms with Gasteiger partial charge in [0.05, 0.1) is 38.6 Å². The molecule has 17 atom stereocenters. The third-order valence-electron chi connectivity index (χ3n) is 13.1. The zero-order valence-electron chi connectivity index (χ0n) is 40.1. The second-order valence-corrected chi connectivity index (χ2v) is 18.6. The van der Waals surface area contributed by atoms with Crippen LogP contribution in [0.2, 0.25) is 0 Å². The Morgan fingerprint density at radius 3 is 1.40 bits per heavy atom. The van der Waals surface area contributed by atoms with Crippen LogP contribution >= 0.6 is 0 Å². The fourth-order valence-electron chi connectivity index (χ4n) is 8.78. The van der Waals surface area contributed by atoms with Gasteiger partial charge in [-0.05, 0) is 19.3 Å². The van der Waals surface area contributed by atoms with Crippen molar-refractivity contribution in [2.75, 3.05) is 26.4 Å². The number of carbonyl (C=O) groups is 1. The third kappa shape index (κ3) is 20.3. The minimum Gasteiger partial charge on any atom is -0.394 e. The summed E-state index contributed by atoms with van der Waals surface area (Å²) in [6, 6.07) is -0.962. The molecule has 3 saturated heterocycles. The van der Waals surface area contributed by atoms with Crippen LogP contribution in [0, 0.1) is 0 Å². The molecule has 394 valence electrons. The van der Waals surface area contributed by atoms with Gasteiger partial charge < -0.3 is 89.9 Å². The maximum atomic E-state index is 13.1. The van der Waals surface area contributed by atoms with Gasteiger partial charge >= 0.3 is 0 Å². The second-order valence-electron chi connectivity index (χ2n) is 18.6. The minimum absolute atomic E-state index is 0.243. The Kier molecular flexibility index (Phi) is 30.4. The van der Waals surface area contributed by atoms with Gasteiger partial charge in [-0.3, -0.25) is 4.79 Å². The average Bonchev–Trinajstić information content (AvgIpc) is 3.32. The molecule has 17 unspecified atom stereocenters. The zero-order valence-corrected chi connectivity index (χ0v) is 40.1. The molecule has 0 spiro atoms. The third-order valence-corrected chi connectivity index (χ3v) is 13.1. The number of hydrogen-bond donors (Lipinski definition) is 12. The van der Waals surface area contributed by atoms with Crippen molar-refractivity contribution in [3.8, 4) is 0 Å². The van der Waals surface area contributed by atoms with Crippen LogP contribution in [0.3, 0.4) is 0 Å². The zero-order chi connectivity index (χ0) is 49.1. The van der Waals surface area contributed by atoms with Gasteiger partial charge in [0.2, 0.25) is 5.91 Å². The van der Waals surface area contributed by atoms with Gasteiger partial charge in [0.15, 0.2) is 18.9 Å². The van der Waals surface area contributed by atoms with Crippen molar-refractivity contribution in [2.45, 2.75) is 259 Å². The standard InChI is InChI=1S/C48H89NO18/c1-3-5-7-9-11-12-13-14-15-16-17-18-19-20-21-23-25-32(53)31(49-36(54)26-24-22-10-8-6-4-2)30-62-46-42(60)39(57)44(34(28-51)64-46)67-48-43(61)40(58)45(35(29-52)65-48)66-47-41(59)38(56)37(55)33(27-50)63-47/h23,25,31-35,37-48,50-53,55-61H,3-22,24,26-30H2,1-2H3,(H,49,54)/b25-23+. The highest BCUT2D eigenvalue weighted by molar-refractivity contribution is 5.76. The van der Waals surface area contributed by atoms with E-state index < -0.39 is 124 Å². The van der Waals surface area contributed by atoms with E-state index in [1.807, 2.05) is 6.08 Å². The molecule has 19 heteroatoms. The number of aliphatic hydroxyl groups excluding tert-OH is 11. The quantitative estimate of drug-likeness (QED) is 0.0316. The number of unbranched alkanes of at least 4 members (excludes halogenated alkanes) is 19. The molecule has 0 aliphatic carbocycles. The molecular weight excluding hydrogens is 879 g/mol. The van der Waals surface area contributed by atoms with Crippen molar-refractivity contribution in [2.24, 2.45) is 0 Å². The van der Waals surface area contributed by atoms with E-state index in [1.54, 1.807) is 6.08 Å². The van der Waals surface area contributed by atoms with Gasteiger partial charge in [0.25, 0.3) is 0 Å². The van der Waals surface area contributed by atoms with Crippen LogP contribution in [0.1, 0.15) is 155 Å². The molecule has 0 bridgehead atoms. The number of ether oxygens (including phenoxy) is 6. The highest BCUT2D eigenvalue weighted by Gasteiger charge is 2.53. The monoisotopic (exact) mass is 968 g/mol. The van der Waals surface area contributed by atoms with E-state index >= 15 is 0 Å². The van der Waals surface area contributed by atoms with E-state index in [0.717, 1.165) is 57.8 Å². The van der Waals surface area contributed by atoms with E-state index in [9.17, 15) is 61.0 Å². The van der Waals surface area contributed by atoms with Gasteiger partial charge in [-0.1, -0.05) is 142 Å². The van der Waals surface area contributed by atoms with Crippen molar-refractivity contribution in [1.82, 2.24) is 5.32 Å². The number of rotatable bonds is 35. The normalized spacial score (nSPS) is 33.5. The predicted molar refractivity (Wildman–Crippen MR) is 245 cm³/mol. The molecule has 12 N–H and O–H groups in total. The fourth-order valence-corrected chi connectivity index (χ4v) is 8.78. The number of nitrogens with one attached hydrogen (secondary N) is 1. The van der Waals surface area contributed by atoms with E-state index in [-0.39, 0.29) is 18.9 Å².